The maximum atomic E-state index is 13.4. The molecule has 1 N–H and O–H groups in total. The minimum absolute atomic E-state index is 0.0761. The molecule has 0 unspecified atom stereocenters. The molecule has 0 aliphatic carbocycles. The molecule has 2 atom stereocenters. The predicted octanol–water partition coefficient (Wildman–Crippen LogP) is 4.41. The smallest absolute Gasteiger partial charge is 0.241 e. The number of nitrogens with one attached hydrogen (secondary N) is 1. The largest absolute Gasteiger partial charge is 0.371 e. The highest BCUT2D eigenvalue weighted by atomic mass is 32.2. The molecule has 2 aromatic carbocycles. The molecule has 4 nitrogen and oxygen atoms in total. The number of aryl methyl sites for hydroxylation is 1. The number of nitrogens with zero attached hydrogens (tertiary/aromatic N) is 1. The lowest BCUT2D eigenvalue weighted by Crippen LogP contribution is -2.34. The van der Waals surface area contributed by atoms with Crippen LogP contribution in [0.3, 0.4) is 0 Å². The van der Waals surface area contributed by atoms with E-state index in [4.69, 9.17) is 0 Å². The topological polar surface area (TPSA) is 49.4 Å². The van der Waals surface area contributed by atoms with Gasteiger partial charge in [-0.1, -0.05) is 19.1 Å². The Morgan fingerprint density at radius 1 is 1.19 bits per heavy atom. The van der Waals surface area contributed by atoms with Crippen molar-refractivity contribution in [2.75, 3.05) is 18.0 Å². The van der Waals surface area contributed by atoms with Crippen molar-refractivity contribution in [3.05, 3.63) is 59.4 Å². The van der Waals surface area contributed by atoms with Crippen molar-refractivity contribution in [1.82, 2.24) is 4.72 Å². The molecule has 0 bridgehead atoms. The first-order chi connectivity index (χ1) is 12.8. The zero-order valence-corrected chi connectivity index (χ0v) is 16.9. The van der Waals surface area contributed by atoms with Crippen LogP contribution in [0.15, 0.2) is 47.4 Å². The summed E-state index contributed by atoms with van der Waals surface area (Å²) >= 11 is 0. The molecule has 0 spiro atoms. The van der Waals surface area contributed by atoms with Crippen LogP contribution >= 0.6 is 0 Å². The van der Waals surface area contributed by atoms with Gasteiger partial charge in [0.2, 0.25) is 10.0 Å². The lowest BCUT2D eigenvalue weighted by molar-refractivity contribution is 0.447. The molecule has 0 radical (unpaired) electrons. The van der Waals surface area contributed by atoms with E-state index in [1.807, 2.05) is 19.1 Å². The molecule has 27 heavy (non-hydrogen) atoms. The Bertz CT molecular complexity index is 897. The lowest BCUT2D eigenvalue weighted by atomic mass is 9.99. The highest BCUT2D eigenvalue weighted by molar-refractivity contribution is 7.89. The number of benzene rings is 2. The van der Waals surface area contributed by atoms with Crippen LogP contribution in [0.25, 0.3) is 0 Å². The normalized spacial score (nSPS) is 19.1. The minimum Gasteiger partial charge on any atom is -0.371 e. The first-order valence-corrected chi connectivity index (χ1v) is 10.9. The third kappa shape index (κ3) is 4.68. The fourth-order valence-electron chi connectivity index (χ4n) is 3.55. The van der Waals surface area contributed by atoms with Crippen LogP contribution in [0.2, 0.25) is 0 Å². The number of halogens is 1. The fourth-order valence-corrected chi connectivity index (χ4v) is 4.87. The van der Waals surface area contributed by atoms with Crippen LogP contribution in [0, 0.1) is 18.7 Å². The summed E-state index contributed by atoms with van der Waals surface area (Å²) in [6.45, 7) is 7.76. The second-order valence-corrected chi connectivity index (χ2v) is 9.25. The molecule has 0 amide bonds. The Hall–Kier alpha value is -1.92. The zero-order chi connectivity index (χ0) is 19.6. The van der Waals surface area contributed by atoms with Crippen LogP contribution < -0.4 is 9.62 Å². The Labute approximate surface area is 161 Å². The van der Waals surface area contributed by atoms with E-state index in [0.29, 0.717) is 11.5 Å². The van der Waals surface area contributed by atoms with Crippen LogP contribution in [0.5, 0.6) is 0 Å². The van der Waals surface area contributed by atoms with Crippen molar-refractivity contribution in [2.45, 2.75) is 44.6 Å². The summed E-state index contributed by atoms with van der Waals surface area (Å²) in [5.41, 5.74) is 2.38. The standard InChI is InChI=1S/C21H27FN2O2S/c1-15-5-4-12-24(14-15)19-8-6-18(7-9-19)17(3)23-27(25,26)20-10-11-21(22)16(2)13-20/h6-11,13,15,17,23H,4-5,12,14H2,1-3H3/t15-,17+/m1/s1. The molecule has 146 valence electrons. The molecule has 1 heterocycles. The van der Waals surface area contributed by atoms with E-state index in [2.05, 4.69) is 28.7 Å². The first kappa shape index (κ1) is 19.8. The average Bonchev–Trinajstić information content (AvgIpc) is 2.63. The van der Waals surface area contributed by atoms with E-state index in [1.165, 1.54) is 36.7 Å². The Balaban J connectivity index is 1.71. The van der Waals surface area contributed by atoms with Gasteiger partial charge in [0.05, 0.1) is 4.90 Å². The second-order valence-electron chi connectivity index (χ2n) is 7.54. The highest BCUT2D eigenvalue weighted by Gasteiger charge is 2.20. The third-order valence-electron chi connectivity index (χ3n) is 5.19. The number of anilines is 1. The molecule has 1 aliphatic heterocycles. The maximum absolute atomic E-state index is 13.4. The van der Waals surface area contributed by atoms with E-state index in [9.17, 15) is 12.8 Å². The van der Waals surface area contributed by atoms with Crippen LogP contribution in [-0.4, -0.2) is 21.5 Å². The van der Waals surface area contributed by atoms with Gasteiger partial charge in [0.25, 0.3) is 0 Å². The molecule has 1 aliphatic rings. The van der Waals surface area contributed by atoms with Crippen LogP contribution in [0.1, 0.15) is 43.9 Å². The lowest BCUT2D eigenvalue weighted by Gasteiger charge is -2.33. The summed E-state index contributed by atoms with van der Waals surface area (Å²) in [5.74, 6) is 0.285. The van der Waals surface area contributed by atoms with Gasteiger partial charge in [0, 0.05) is 24.8 Å². The molecule has 3 rings (SSSR count). The van der Waals surface area contributed by atoms with Gasteiger partial charge in [-0.2, -0.15) is 0 Å². The molecule has 6 heteroatoms. The molecule has 2 aromatic rings. The van der Waals surface area contributed by atoms with Crippen molar-refractivity contribution < 1.29 is 12.8 Å². The Morgan fingerprint density at radius 3 is 2.52 bits per heavy atom. The monoisotopic (exact) mass is 390 g/mol. The summed E-state index contributed by atoms with van der Waals surface area (Å²) in [6, 6.07) is 11.5. The van der Waals surface area contributed by atoms with Crippen LogP contribution in [-0.2, 0) is 10.0 Å². The molecule has 1 fully saturated rings. The summed E-state index contributed by atoms with van der Waals surface area (Å²) in [5, 5.41) is 0. The second kappa shape index (κ2) is 7.98. The Morgan fingerprint density at radius 2 is 1.89 bits per heavy atom. The van der Waals surface area contributed by atoms with E-state index in [1.54, 1.807) is 6.92 Å². The first-order valence-electron chi connectivity index (χ1n) is 9.39. The third-order valence-corrected chi connectivity index (χ3v) is 6.73. The molecular formula is C21H27FN2O2S. The molecule has 1 saturated heterocycles. The highest BCUT2D eigenvalue weighted by Crippen LogP contribution is 2.25. The summed E-state index contributed by atoms with van der Waals surface area (Å²) in [7, 11) is -3.71. The van der Waals surface area contributed by atoms with Crippen molar-refractivity contribution in [2.24, 2.45) is 5.92 Å². The van der Waals surface area contributed by atoms with Crippen molar-refractivity contribution >= 4 is 15.7 Å². The number of piperidine rings is 1. The van der Waals surface area contributed by atoms with E-state index in [0.717, 1.165) is 18.7 Å². The molecular weight excluding hydrogens is 363 g/mol. The van der Waals surface area contributed by atoms with Gasteiger partial charge in [-0.3, -0.25) is 0 Å². The number of hydrogen-bond acceptors (Lipinski definition) is 3. The number of rotatable bonds is 5. The fraction of sp³-hybridized carbons (Fsp3) is 0.429. The van der Waals surface area contributed by atoms with Gasteiger partial charge < -0.3 is 4.90 Å². The van der Waals surface area contributed by atoms with Crippen molar-refractivity contribution in [1.29, 1.82) is 0 Å². The van der Waals surface area contributed by atoms with Gasteiger partial charge in [0.1, 0.15) is 5.82 Å². The van der Waals surface area contributed by atoms with Crippen LogP contribution in [0.4, 0.5) is 10.1 Å². The van der Waals surface area contributed by atoms with Gasteiger partial charge in [0.15, 0.2) is 0 Å². The van der Waals surface area contributed by atoms with Crippen molar-refractivity contribution in [3.63, 3.8) is 0 Å². The van der Waals surface area contributed by atoms with E-state index >= 15 is 0 Å². The predicted molar refractivity (Wildman–Crippen MR) is 107 cm³/mol. The van der Waals surface area contributed by atoms with Crippen molar-refractivity contribution in [3.8, 4) is 0 Å². The van der Waals surface area contributed by atoms with Gasteiger partial charge in [-0.15, -0.1) is 0 Å². The quantitative estimate of drug-likeness (QED) is 0.823. The Kier molecular flexibility index (Phi) is 5.86. The van der Waals surface area contributed by atoms with E-state index in [-0.39, 0.29) is 10.9 Å². The minimum atomic E-state index is -3.71. The molecule has 0 saturated carbocycles. The average molecular weight is 391 g/mol. The van der Waals surface area contributed by atoms with Gasteiger partial charge in [-0.05, 0) is 74.1 Å². The zero-order valence-electron chi connectivity index (χ0n) is 16.1. The van der Waals surface area contributed by atoms with Gasteiger partial charge >= 0.3 is 0 Å². The van der Waals surface area contributed by atoms with E-state index < -0.39 is 15.8 Å². The summed E-state index contributed by atoms with van der Waals surface area (Å²) in [4.78, 5) is 2.46. The summed E-state index contributed by atoms with van der Waals surface area (Å²) in [6.07, 6.45) is 2.48. The number of sulfonamides is 1. The molecule has 0 aromatic heterocycles. The SMILES string of the molecule is Cc1cc(S(=O)(=O)N[C@@H](C)c2ccc(N3CCC[C@@H](C)C3)cc2)ccc1F. The number of hydrogen-bond donors (Lipinski definition) is 1. The van der Waals surface area contributed by atoms with Gasteiger partial charge in [-0.25, -0.2) is 17.5 Å². The maximum Gasteiger partial charge on any atom is 0.241 e. The summed E-state index contributed by atoms with van der Waals surface area (Å²) < 4.78 is 41.3.